The summed E-state index contributed by atoms with van der Waals surface area (Å²) in [6.07, 6.45) is 0.633. The van der Waals surface area contributed by atoms with Crippen LogP contribution in [0.15, 0.2) is 53.4 Å². The van der Waals surface area contributed by atoms with Gasteiger partial charge < -0.3 is 20.4 Å². The van der Waals surface area contributed by atoms with Crippen molar-refractivity contribution in [2.24, 2.45) is 0 Å². The predicted molar refractivity (Wildman–Crippen MR) is 131 cm³/mol. The Bertz CT molecular complexity index is 1130. The second kappa shape index (κ2) is 10.1. The molecule has 0 aliphatic carbocycles. The molecule has 3 atom stereocenters. The van der Waals surface area contributed by atoms with Crippen LogP contribution < -0.4 is 15.5 Å². The number of thioether (sulfide) groups is 1. The van der Waals surface area contributed by atoms with Gasteiger partial charge in [0.25, 0.3) is 5.91 Å². The maximum atomic E-state index is 14.0. The lowest BCUT2D eigenvalue weighted by atomic mass is 10.0. The number of anilines is 1. The normalized spacial score (nSPS) is 22.0. The monoisotopic (exact) mass is 500 g/mol. The van der Waals surface area contributed by atoms with E-state index in [4.69, 9.17) is 11.6 Å². The van der Waals surface area contributed by atoms with Gasteiger partial charge in [-0.1, -0.05) is 41.9 Å². The van der Waals surface area contributed by atoms with Gasteiger partial charge in [-0.15, -0.1) is 11.8 Å². The van der Waals surface area contributed by atoms with E-state index < -0.39 is 29.1 Å². The summed E-state index contributed by atoms with van der Waals surface area (Å²) in [7, 11) is 3.24. The largest absolute Gasteiger partial charge is 0.347 e. The van der Waals surface area contributed by atoms with E-state index in [1.807, 2.05) is 30.3 Å². The Kier molecular flexibility index (Phi) is 7.13. The molecule has 0 saturated carbocycles. The molecule has 2 aromatic rings. The minimum absolute atomic E-state index is 0.185. The number of nitrogens with zero attached hydrogens (tertiary/aromatic N) is 2. The van der Waals surface area contributed by atoms with Crippen molar-refractivity contribution in [3.05, 3.63) is 59.1 Å². The number of likely N-dealkylation sites (N-methyl/N-ethyl adjacent to an activating group) is 1. The van der Waals surface area contributed by atoms with Gasteiger partial charge in [0.05, 0.1) is 10.9 Å². The molecule has 2 heterocycles. The zero-order valence-electron chi connectivity index (χ0n) is 18.8. The number of amides is 4. The molecule has 2 N–H and O–H groups in total. The summed E-state index contributed by atoms with van der Waals surface area (Å²) in [6, 6.07) is 12.9. The Morgan fingerprint density at radius 2 is 1.91 bits per heavy atom. The summed E-state index contributed by atoms with van der Waals surface area (Å²) in [6.45, 7) is -0.185. The van der Waals surface area contributed by atoms with Gasteiger partial charge in [-0.3, -0.25) is 19.2 Å². The smallest absolute Gasteiger partial charge is 0.251 e. The first kappa shape index (κ1) is 24.1. The third-order valence-corrected chi connectivity index (χ3v) is 7.45. The molecular weight excluding hydrogens is 476 g/mol. The number of hydrogen-bond donors (Lipinski definition) is 2. The summed E-state index contributed by atoms with van der Waals surface area (Å²) in [4.78, 5) is 54.8. The van der Waals surface area contributed by atoms with Gasteiger partial charge in [0, 0.05) is 30.4 Å². The molecule has 0 aromatic heterocycles. The van der Waals surface area contributed by atoms with Crippen molar-refractivity contribution in [2.75, 3.05) is 25.5 Å². The number of carbonyl (C=O) groups is 4. The van der Waals surface area contributed by atoms with Crippen molar-refractivity contribution < 1.29 is 19.2 Å². The summed E-state index contributed by atoms with van der Waals surface area (Å²) < 4.78 is 0. The first-order valence-corrected chi connectivity index (χ1v) is 12.1. The second-order valence-electron chi connectivity index (χ2n) is 8.42. The fraction of sp³-hybridized carbons (Fsp3) is 0.333. The van der Waals surface area contributed by atoms with E-state index in [9.17, 15) is 19.2 Å². The van der Waals surface area contributed by atoms with Crippen molar-refractivity contribution >= 4 is 52.7 Å². The Hall–Kier alpha value is -3.04. The Balaban J connectivity index is 1.77. The van der Waals surface area contributed by atoms with Crippen molar-refractivity contribution in [1.29, 1.82) is 0 Å². The van der Waals surface area contributed by atoms with Crippen molar-refractivity contribution in [3.8, 4) is 0 Å². The predicted octanol–water partition coefficient (Wildman–Crippen LogP) is 2.37. The Labute approximate surface area is 207 Å². The van der Waals surface area contributed by atoms with Gasteiger partial charge in [-0.2, -0.15) is 0 Å². The fourth-order valence-corrected chi connectivity index (χ4v) is 5.59. The zero-order chi connectivity index (χ0) is 24.4. The molecule has 0 unspecified atom stereocenters. The van der Waals surface area contributed by atoms with Crippen LogP contribution in [0.5, 0.6) is 0 Å². The highest BCUT2D eigenvalue weighted by molar-refractivity contribution is 7.99. The molecule has 8 nitrogen and oxygen atoms in total. The molecule has 2 aliphatic heterocycles. The van der Waals surface area contributed by atoms with Crippen LogP contribution in [0.1, 0.15) is 23.7 Å². The minimum atomic E-state index is -0.974. The average molecular weight is 501 g/mol. The molecule has 0 bridgehead atoms. The molecule has 178 valence electrons. The SMILES string of the molecule is CN(C)C(=O)CN1C(=O)[C@H](NC(=O)[C@@H]2CCC(=O)N2)[C@H](c2ccccc2)Sc2cc(Cl)ccc21. The van der Waals surface area contributed by atoms with E-state index in [0.717, 1.165) is 10.5 Å². The lowest BCUT2D eigenvalue weighted by Gasteiger charge is -2.29. The van der Waals surface area contributed by atoms with E-state index in [0.29, 0.717) is 17.1 Å². The van der Waals surface area contributed by atoms with E-state index in [1.165, 1.54) is 21.6 Å². The lowest BCUT2D eigenvalue weighted by Crippen LogP contribution is -2.55. The van der Waals surface area contributed by atoms with Crippen molar-refractivity contribution in [1.82, 2.24) is 15.5 Å². The third kappa shape index (κ3) is 5.05. The number of fused-ring (bicyclic) bond motifs is 1. The van der Waals surface area contributed by atoms with Crippen LogP contribution in [0.25, 0.3) is 0 Å². The Morgan fingerprint density at radius 3 is 2.56 bits per heavy atom. The average Bonchev–Trinajstić information content (AvgIpc) is 3.22. The number of hydrogen-bond acceptors (Lipinski definition) is 5. The van der Waals surface area contributed by atoms with Gasteiger partial charge >= 0.3 is 0 Å². The first-order valence-electron chi connectivity index (χ1n) is 10.9. The third-order valence-electron chi connectivity index (χ3n) is 5.83. The molecule has 10 heteroatoms. The molecule has 2 aliphatic rings. The number of benzene rings is 2. The summed E-state index contributed by atoms with van der Waals surface area (Å²) in [5, 5.41) is 5.55. The molecule has 1 fully saturated rings. The molecule has 2 aromatic carbocycles. The number of rotatable bonds is 5. The number of halogens is 1. The van der Waals surface area contributed by atoms with Gasteiger partial charge in [-0.05, 0) is 30.2 Å². The highest BCUT2D eigenvalue weighted by atomic mass is 35.5. The van der Waals surface area contributed by atoms with E-state index in [2.05, 4.69) is 10.6 Å². The fourth-order valence-electron chi connectivity index (χ4n) is 3.97. The second-order valence-corrected chi connectivity index (χ2v) is 10.0. The van der Waals surface area contributed by atoms with E-state index in [-0.39, 0.29) is 24.8 Å². The van der Waals surface area contributed by atoms with Crippen LogP contribution in [0.4, 0.5) is 5.69 Å². The topological polar surface area (TPSA) is 98.8 Å². The minimum Gasteiger partial charge on any atom is -0.347 e. The van der Waals surface area contributed by atoms with Gasteiger partial charge in [0.1, 0.15) is 18.6 Å². The molecule has 4 amide bonds. The maximum Gasteiger partial charge on any atom is 0.251 e. The Morgan fingerprint density at radius 1 is 1.18 bits per heavy atom. The van der Waals surface area contributed by atoms with Crippen LogP contribution >= 0.6 is 23.4 Å². The maximum absolute atomic E-state index is 14.0. The number of carbonyl (C=O) groups excluding carboxylic acids is 4. The summed E-state index contributed by atoms with van der Waals surface area (Å²) in [5.74, 6) is -1.28. The molecule has 0 radical (unpaired) electrons. The van der Waals surface area contributed by atoms with Crippen molar-refractivity contribution in [2.45, 2.75) is 35.1 Å². The molecule has 0 spiro atoms. The first-order chi connectivity index (χ1) is 16.2. The van der Waals surface area contributed by atoms with Crippen LogP contribution in [0.3, 0.4) is 0 Å². The molecule has 34 heavy (non-hydrogen) atoms. The van der Waals surface area contributed by atoms with Crippen LogP contribution in [0, 0.1) is 0 Å². The lowest BCUT2D eigenvalue weighted by molar-refractivity contribution is -0.131. The molecular formula is C24H25ClN4O4S. The van der Waals surface area contributed by atoms with Crippen LogP contribution in [-0.2, 0) is 19.2 Å². The van der Waals surface area contributed by atoms with E-state index >= 15 is 0 Å². The highest BCUT2D eigenvalue weighted by Crippen LogP contribution is 2.46. The van der Waals surface area contributed by atoms with Gasteiger partial charge in [0.2, 0.25) is 17.7 Å². The quantitative estimate of drug-likeness (QED) is 0.656. The van der Waals surface area contributed by atoms with Crippen molar-refractivity contribution in [3.63, 3.8) is 0 Å². The number of nitrogens with one attached hydrogen (secondary N) is 2. The van der Waals surface area contributed by atoms with E-state index in [1.54, 1.807) is 32.3 Å². The van der Waals surface area contributed by atoms with Crippen LogP contribution in [0.2, 0.25) is 5.02 Å². The van der Waals surface area contributed by atoms with Gasteiger partial charge in [-0.25, -0.2) is 0 Å². The zero-order valence-corrected chi connectivity index (χ0v) is 20.4. The molecule has 4 rings (SSSR count). The standard InChI is InChI=1S/C24H25ClN4O4S/c1-28(2)20(31)13-29-17-10-8-15(25)12-18(17)34-22(14-6-4-3-5-7-14)21(24(29)33)27-23(32)16-9-11-19(30)26-16/h3-8,10,12,16,21-22H,9,11,13H2,1-2H3,(H,26,30)(H,27,32)/t16-,21+,22-/m0/s1. The molecule has 1 saturated heterocycles. The van der Waals surface area contributed by atoms with Gasteiger partial charge in [0.15, 0.2) is 0 Å². The van der Waals surface area contributed by atoms with Crippen LogP contribution in [-0.4, -0.2) is 61.3 Å². The highest BCUT2D eigenvalue weighted by Gasteiger charge is 2.41. The summed E-state index contributed by atoms with van der Waals surface area (Å²) >= 11 is 7.69. The summed E-state index contributed by atoms with van der Waals surface area (Å²) in [5.41, 5.74) is 1.40.